The number of hydrogen-bond donors (Lipinski definition) is 1. The van der Waals surface area contributed by atoms with Crippen LogP contribution >= 0.6 is 35.0 Å². The maximum absolute atomic E-state index is 10.4. The minimum atomic E-state index is -0.541. The second kappa shape index (κ2) is 6.67. The van der Waals surface area contributed by atoms with Crippen LogP contribution in [0.3, 0.4) is 0 Å². The van der Waals surface area contributed by atoms with E-state index in [2.05, 4.69) is 0 Å². The first-order valence-corrected chi connectivity index (χ1v) is 7.85. The van der Waals surface area contributed by atoms with Gasteiger partial charge in [0.2, 0.25) is 0 Å². The molecule has 0 radical (unpaired) electrons. The summed E-state index contributed by atoms with van der Waals surface area (Å²) in [7, 11) is 0. The van der Waals surface area contributed by atoms with Gasteiger partial charge in [-0.1, -0.05) is 47.5 Å². The highest BCUT2D eigenvalue weighted by atomic mass is 35.5. The Hall–Kier alpha value is -0.670. The largest absolute Gasteiger partial charge is 0.388 e. The molecule has 1 N–H and O–H groups in total. The highest BCUT2D eigenvalue weighted by Gasteiger charge is 2.13. The summed E-state index contributed by atoms with van der Waals surface area (Å²) in [5.41, 5.74) is 1.92. The molecule has 0 amide bonds. The van der Waals surface area contributed by atoms with Crippen molar-refractivity contribution in [3.05, 3.63) is 63.6 Å². The van der Waals surface area contributed by atoms with Crippen LogP contribution in [0.25, 0.3) is 0 Å². The fourth-order valence-corrected chi connectivity index (χ4v) is 2.92. The fourth-order valence-electron chi connectivity index (χ4n) is 1.94. The van der Waals surface area contributed by atoms with Crippen molar-refractivity contribution in [1.29, 1.82) is 0 Å². The number of aliphatic hydroxyl groups excluding tert-OH is 1. The van der Waals surface area contributed by atoms with E-state index in [0.29, 0.717) is 16.5 Å². The SMILES string of the molecule is CSc1ccccc1C(O)Cc1ccc(Cl)c(Cl)c1. The van der Waals surface area contributed by atoms with Crippen molar-refractivity contribution in [3.63, 3.8) is 0 Å². The second-order valence-electron chi connectivity index (χ2n) is 4.21. The van der Waals surface area contributed by atoms with Gasteiger partial charge in [0.25, 0.3) is 0 Å². The first-order valence-electron chi connectivity index (χ1n) is 5.86. The molecule has 100 valence electrons. The average Bonchev–Trinajstić information content (AvgIpc) is 2.43. The molecule has 1 nitrogen and oxygen atoms in total. The van der Waals surface area contributed by atoms with Gasteiger partial charge >= 0.3 is 0 Å². The summed E-state index contributed by atoms with van der Waals surface area (Å²) < 4.78 is 0. The first-order chi connectivity index (χ1) is 9.11. The Morgan fingerprint density at radius 1 is 1.11 bits per heavy atom. The minimum Gasteiger partial charge on any atom is -0.388 e. The summed E-state index contributed by atoms with van der Waals surface area (Å²) in [6, 6.07) is 13.3. The summed E-state index contributed by atoms with van der Waals surface area (Å²) in [6.45, 7) is 0. The van der Waals surface area contributed by atoms with Crippen LogP contribution in [0.1, 0.15) is 17.2 Å². The Morgan fingerprint density at radius 3 is 2.53 bits per heavy atom. The molecule has 0 saturated heterocycles. The Morgan fingerprint density at radius 2 is 1.84 bits per heavy atom. The van der Waals surface area contributed by atoms with Crippen LogP contribution in [0.4, 0.5) is 0 Å². The average molecular weight is 313 g/mol. The van der Waals surface area contributed by atoms with Gasteiger partial charge in [-0.25, -0.2) is 0 Å². The number of aliphatic hydroxyl groups is 1. The van der Waals surface area contributed by atoms with Gasteiger partial charge in [0.1, 0.15) is 0 Å². The summed E-state index contributed by atoms with van der Waals surface area (Å²) in [6.07, 6.45) is 1.99. The highest BCUT2D eigenvalue weighted by molar-refractivity contribution is 7.98. The Kier molecular flexibility index (Phi) is 5.17. The monoisotopic (exact) mass is 312 g/mol. The Balaban J connectivity index is 2.20. The van der Waals surface area contributed by atoms with E-state index in [1.807, 2.05) is 36.6 Å². The quantitative estimate of drug-likeness (QED) is 0.802. The maximum Gasteiger partial charge on any atom is 0.0841 e. The van der Waals surface area contributed by atoms with Gasteiger partial charge in [-0.2, -0.15) is 0 Å². The lowest BCUT2D eigenvalue weighted by Gasteiger charge is -2.14. The first kappa shape index (κ1) is 14.7. The van der Waals surface area contributed by atoms with E-state index < -0.39 is 6.10 Å². The molecule has 0 spiro atoms. The van der Waals surface area contributed by atoms with Crippen LogP contribution in [-0.4, -0.2) is 11.4 Å². The van der Waals surface area contributed by atoms with Crippen LogP contribution in [0.15, 0.2) is 47.4 Å². The molecule has 0 fully saturated rings. The van der Waals surface area contributed by atoms with Crippen molar-refractivity contribution >= 4 is 35.0 Å². The van der Waals surface area contributed by atoms with E-state index in [-0.39, 0.29) is 0 Å². The molecule has 0 aromatic heterocycles. The van der Waals surface area contributed by atoms with Gasteiger partial charge in [-0.3, -0.25) is 0 Å². The molecular formula is C15H14Cl2OS. The predicted octanol–water partition coefficient (Wildman–Crippen LogP) is 4.99. The van der Waals surface area contributed by atoms with Crippen molar-refractivity contribution in [2.24, 2.45) is 0 Å². The van der Waals surface area contributed by atoms with Crippen molar-refractivity contribution in [2.75, 3.05) is 6.26 Å². The second-order valence-corrected chi connectivity index (χ2v) is 5.87. The van der Waals surface area contributed by atoms with Gasteiger partial charge in [-0.15, -0.1) is 11.8 Å². The van der Waals surface area contributed by atoms with E-state index in [1.54, 1.807) is 23.9 Å². The number of rotatable bonds is 4. The molecule has 1 atom stereocenters. The molecule has 0 aliphatic heterocycles. The molecule has 19 heavy (non-hydrogen) atoms. The molecule has 1 unspecified atom stereocenters. The molecular weight excluding hydrogens is 299 g/mol. The predicted molar refractivity (Wildman–Crippen MR) is 83.3 cm³/mol. The van der Waals surface area contributed by atoms with Crippen molar-refractivity contribution in [3.8, 4) is 0 Å². The molecule has 0 aliphatic rings. The van der Waals surface area contributed by atoms with Crippen LogP contribution in [0.2, 0.25) is 10.0 Å². The zero-order valence-electron chi connectivity index (χ0n) is 10.4. The zero-order valence-corrected chi connectivity index (χ0v) is 12.8. The van der Waals surface area contributed by atoms with E-state index in [1.165, 1.54) is 0 Å². The number of halogens is 2. The summed E-state index contributed by atoms with van der Waals surface area (Å²) in [5.74, 6) is 0. The molecule has 2 aromatic carbocycles. The molecule has 0 bridgehead atoms. The molecule has 2 rings (SSSR count). The third kappa shape index (κ3) is 3.67. The smallest absolute Gasteiger partial charge is 0.0841 e. The maximum atomic E-state index is 10.4. The fraction of sp³-hybridized carbons (Fsp3) is 0.200. The van der Waals surface area contributed by atoms with Crippen LogP contribution in [-0.2, 0) is 6.42 Å². The summed E-state index contributed by atoms with van der Waals surface area (Å²) in [5, 5.41) is 11.4. The highest BCUT2D eigenvalue weighted by Crippen LogP contribution is 2.29. The van der Waals surface area contributed by atoms with Crippen molar-refractivity contribution in [2.45, 2.75) is 17.4 Å². The molecule has 2 aromatic rings. The van der Waals surface area contributed by atoms with E-state index in [0.717, 1.165) is 16.0 Å². The third-order valence-corrected chi connectivity index (χ3v) is 4.46. The van der Waals surface area contributed by atoms with E-state index in [9.17, 15) is 5.11 Å². The van der Waals surface area contributed by atoms with Crippen molar-refractivity contribution < 1.29 is 5.11 Å². The van der Waals surface area contributed by atoms with Gasteiger partial charge in [0, 0.05) is 11.3 Å². The van der Waals surface area contributed by atoms with Crippen molar-refractivity contribution in [1.82, 2.24) is 0 Å². The van der Waals surface area contributed by atoms with Crippen LogP contribution in [0.5, 0.6) is 0 Å². The lowest BCUT2D eigenvalue weighted by molar-refractivity contribution is 0.175. The molecule has 0 heterocycles. The summed E-state index contributed by atoms with van der Waals surface area (Å²) >= 11 is 13.5. The number of hydrogen-bond acceptors (Lipinski definition) is 2. The zero-order chi connectivity index (χ0) is 13.8. The van der Waals surface area contributed by atoms with E-state index in [4.69, 9.17) is 23.2 Å². The van der Waals surface area contributed by atoms with Gasteiger partial charge in [-0.05, 0) is 35.6 Å². The standard InChI is InChI=1S/C15H14Cl2OS/c1-19-15-5-3-2-4-11(15)14(18)9-10-6-7-12(16)13(17)8-10/h2-8,14,18H,9H2,1H3. The molecule has 0 saturated carbocycles. The van der Waals surface area contributed by atoms with Gasteiger partial charge in [0.15, 0.2) is 0 Å². The van der Waals surface area contributed by atoms with Gasteiger partial charge < -0.3 is 5.11 Å². The van der Waals surface area contributed by atoms with Crippen LogP contribution < -0.4 is 0 Å². The minimum absolute atomic E-state index is 0.518. The topological polar surface area (TPSA) is 20.2 Å². The van der Waals surface area contributed by atoms with Gasteiger partial charge in [0.05, 0.1) is 16.1 Å². The number of thioether (sulfide) groups is 1. The molecule has 4 heteroatoms. The summed E-state index contributed by atoms with van der Waals surface area (Å²) in [4.78, 5) is 1.09. The molecule has 0 aliphatic carbocycles. The lowest BCUT2D eigenvalue weighted by Crippen LogP contribution is -2.03. The Bertz CT molecular complexity index is 572. The number of benzene rings is 2. The normalized spacial score (nSPS) is 12.4. The lowest BCUT2D eigenvalue weighted by atomic mass is 10.0. The third-order valence-electron chi connectivity index (χ3n) is 2.91. The Labute approximate surface area is 127 Å². The van der Waals surface area contributed by atoms with E-state index >= 15 is 0 Å². The van der Waals surface area contributed by atoms with Crippen LogP contribution in [0, 0.1) is 0 Å².